The van der Waals surface area contributed by atoms with Gasteiger partial charge in [0.2, 0.25) is 0 Å². The Morgan fingerprint density at radius 1 is 1.13 bits per heavy atom. The lowest BCUT2D eigenvalue weighted by atomic mass is 9.99. The summed E-state index contributed by atoms with van der Waals surface area (Å²) in [5.74, 6) is -1.54. The molecule has 4 heteroatoms. The average molecular weight is 237 g/mol. The summed E-state index contributed by atoms with van der Waals surface area (Å²) in [6, 6.07) is 6.78. The van der Waals surface area contributed by atoms with E-state index in [2.05, 4.69) is 0 Å². The molecule has 0 fully saturated rings. The second kappa shape index (κ2) is 4.44. The lowest BCUT2D eigenvalue weighted by Gasteiger charge is -2.21. The van der Waals surface area contributed by atoms with Crippen molar-refractivity contribution >= 4 is 11.6 Å². The molecule has 0 spiro atoms. The van der Waals surface area contributed by atoms with Crippen molar-refractivity contribution in [3.05, 3.63) is 35.4 Å². The van der Waals surface area contributed by atoms with Crippen LogP contribution in [0.2, 0.25) is 0 Å². The van der Waals surface area contributed by atoms with E-state index in [1.807, 2.05) is 6.92 Å². The molecular formula is C11H12ClF3. The van der Waals surface area contributed by atoms with Crippen molar-refractivity contribution in [2.45, 2.75) is 25.4 Å². The molecule has 2 atom stereocenters. The number of benzene rings is 1. The molecule has 2 unspecified atom stereocenters. The molecule has 0 amide bonds. The fourth-order valence-electron chi connectivity index (χ4n) is 1.20. The summed E-state index contributed by atoms with van der Waals surface area (Å²) in [5.41, 5.74) is 1.51. The first-order valence-electron chi connectivity index (χ1n) is 4.59. The smallest absolute Gasteiger partial charge is 0.171 e. The lowest BCUT2D eigenvalue weighted by Crippen LogP contribution is -2.23. The predicted octanol–water partition coefficient (Wildman–Crippen LogP) is 4.47. The summed E-state index contributed by atoms with van der Waals surface area (Å²) < 4.78 is 37.1. The normalized spacial score (nSPS) is 16.1. The quantitative estimate of drug-likeness (QED) is 0.665. The van der Waals surface area contributed by atoms with E-state index in [4.69, 9.17) is 11.6 Å². The SMILES string of the molecule is Cc1ccc(C(Cl)C(C)C(F)(F)F)cc1. The van der Waals surface area contributed by atoms with Gasteiger partial charge in [-0.25, -0.2) is 0 Å². The van der Waals surface area contributed by atoms with Gasteiger partial charge in [-0.3, -0.25) is 0 Å². The molecule has 0 aromatic heterocycles. The van der Waals surface area contributed by atoms with E-state index < -0.39 is 17.5 Å². The van der Waals surface area contributed by atoms with Gasteiger partial charge in [-0.05, 0) is 12.5 Å². The number of hydrogen-bond donors (Lipinski definition) is 0. The van der Waals surface area contributed by atoms with E-state index in [0.717, 1.165) is 12.5 Å². The zero-order chi connectivity index (χ0) is 11.6. The van der Waals surface area contributed by atoms with E-state index in [-0.39, 0.29) is 0 Å². The zero-order valence-corrected chi connectivity index (χ0v) is 9.23. The van der Waals surface area contributed by atoms with E-state index in [0.29, 0.717) is 5.56 Å². The molecule has 0 heterocycles. The molecule has 0 N–H and O–H groups in total. The molecule has 1 rings (SSSR count). The minimum atomic E-state index is -4.25. The van der Waals surface area contributed by atoms with Crippen molar-refractivity contribution in [3.8, 4) is 0 Å². The molecule has 0 nitrogen and oxygen atoms in total. The van der Waals surface area contributed by atoms with Gasteiger partial charge in [-0.15, -0.1) is 11.6 Å². The van der Waals surface area contributed by atoms with Crippen molar-refractivity contribution in [3.63, 3.8) is 0 Å². The van der Waals surface area contributed by atoms with Crippen LogP contribution in [0, 0.1) is 12.8 Å². The molecule has 1 aromatic carbocycles. The van der Waals surface area contributed by atoms with Crippen LogP contribution in [0.4, 0.5) is 13.2 Å². The van der Waals surface area contributed by atoms with Gasteiger partial charge in [-0.2, -0.15) is 13.2 Å². The molecule has 0 aliphatic heterocycles. The molecule has 0 bridgehead atoms. The van der Waals surface area contributed by atoms with E-state index in [1.165, 1.54) is 0 Å². The Hall–Kier alpha value is -0.700. The van der Waals surface area contributed by atoms with Crippen molar-refractivity contribution in [2.75, 3.05) is 0 Å². The van der Waals surface area contributed by atoms with Gasteiger partial charge < -0.3 is 0 Å². The van der Waals surface area contributed by atoms with Crippen LogP contribution in [-0.2, 0) is 0 Å². The molecular weight excluding hydrogens is 225 g/mol. The summed E-state index contributed by atoms with van der Waals surface area (Å²) in [6.07, 6.45) is -4.25. The third-order valence-electron chi connectivity index (χ3n) is 2.35. The molecule has 0 radical (unpaired) electrons. The van der Waals surface area contributed by atoms with Crippen molar-refractivity contribution in [1.29, 1.82) is 0 Å². The highest BCUT2D eigenvalue weighted by molar-refractivity contribution is 6.21. The van der Waals surface area contributed by atoms with Crippen LogP contribution in [0.1, 0.15) is 23.4 Å². The first-order valence-corrected chi connectivity index (χ1v) is 5.03. The summed E-state index contributed by atoms with van der Waals surface area (Å²) in [7, 11) is 0. The highest BCUT2D eigenvalue weighted by Crippen LogP contribution is 2.39. The third-order valence-corrected chi connectivity index (χ3v) is 2.98. The Labute approximate surface area is 92.1 Å². The van der Waals surface area contributed by atoms with Gasteiger partial charge in [0.25, 0.3) is 0 Å². The van der Waals surface area contributed by atoms with Gasteiger partial charge in [-0.1, -0.05) is 36.8 Å². The first kappa shape index (κ1) is 12.4. The Morgan fingerprint density at radius 2 is 1.60 bits per heavy atom. The minimum absolute atomic E-state index is 0.507. The monoisotopic (exact) mass is 236 g/mol. The van der Waals surface area contributed by atoms with Gasteiger partial charge in [0.15, 0.2) is 0 Å². The van der Waals surface area contributed by atoms with Crippen LogP contribution in [0.25, 0.3) is 0 Å². The molecule has 0 saturated carbocycles. The number of hydrogen-bond acceptors (Lipinski definition) is 0. The largest absolute Gasteiger partial charge is 0.393 e. The zero-order valence-electron chi connectivity index (χ0n) is 8.48. The Bertz CT molecular complexity index is 316. The average Bonchev–Trinajstić information content (AvgIpc) is 2.15. The van der Waals surface area contributed by atoms with Crippen LogP contribution in [0.3, 0.4) is 0 Å². The van der Waals surface area contributed by atoms with Gasteiger partial charge >= 0.3 is 6.18 Å². The minimum Gasteiger partial charge on any atom is -0.171 e. The maximum atomic E-state index is 12.4. The van der Waals surface area contributed by atoms with Gasteiger partial charge in [0.1, 0.15) is 0 Å². The van der Waals surface area contributed by atoms with Crippen LogP contribution in [-0.4, -0.2) is 6.18 Å². The summed E-state index contributed by atoms with van der Waals surface area (Å²) in [4.78, 5) is 0. The van der Waals surface area contributed by atoms with Crippen LogP contribution < -0.4 is 0 Å². The Kier molecular flexibility index (Phi) is 3.66. The topological polar surface area (TPSA) is 0 Å². The number of rotatable bonds is 2. The van der Waals surface area contributed by atoms with Crippen molar-refractivity contribution in [1.82, 2.24) is 0 Å². The predicted molar refractivity (Wildman–Crippen MR) is 55.0 cm³/mol. The molecule has 84 valence electrons. The lowest BCUT2D eigenvalue weighted by molar-refractivity contribution is -0.170. The maximum absolute atomic E-state index is 12.4. The summed E-state index contributed by atoms with van der Waals surface area (Å²) >= 11 is 5.77. The summed E-state index contributed by atoms with van der Waals surface area (Å²) in [5, 5.41) is -1.02. The fourth-order valence-corrected chi connectivity index (χ4v) is 1.49. The van der Waals surface area contributed by atoms with Gasteiger partial charge in [0.05, 0.1) is 11.3 Å². The molecule has 0 aliphatic carbocycles. The van der Waals surface area contributed by atoms with Crippen LogP contribution in [0.15, 0.2) is 24.3 Å². The van der Waals surface area contributed by atoms with Crippen LogP contribution >= 0.6 is 11.6 Å². The number of aryl methyl sites for hydroxylation is 1. The maximum Gasteiger partial charge on any atom is 0.393 e. The molecule has 1 aromatic rings. The van der Waals surface area contributed by atoms with Gasteiger partial charge in [0, 0.05) is 0 Å². The first-order chi connectivity index (χ1) is 6.82. The van der Waals surface area contributed by atoms with Crippen LogP contribution in [0.5, 0.6) is 0 Å². The second-order valence-corrected chi connectivity index (χ2v) is 4.11. The Balaban J connectivity index is 2.85. The van der Waals surface area contributed by atoms with E-state index in [1.54, 1.807) is 24.3 Å². The van der Waals surface area contributed by atoms with Crippen molar-refractivity contribution < 1.29 is 13.2 Å². The molecule has 0 aliphatic rings. The highest BCUT2D eigenvalue weighted by atomic mass is 35.5. The third kappa shape index (κ3) is 3.13. The fraction of sp³-hybridized carbons (Fsp3) is 0.455. The van der Waals surface area contributed by atoms with E-state index >= 15 is 0 Å². The second-order valence-electron chi connectivity index (χ2n) is 3.64. The van der Waals surface area contributed by atoms with E-state index in [9.17, 15) is 13.2 Å². The number of halogens is 4. The highest BCUT2D eigenvalue weighted by Gasteiger charge is 2.40. The Morgan fingerprint density at radius 3 is 2.00 bits per heavy atom. The summed E-state index contributed by atoms with van der Waals surface area (Å²) in [6.45, 7) is 2.97. The standard InChI is InChI=1S/C11H12ClF3/c1-7-3-5-9(6-4-7)10(12)8(2)11(13,14)15/h3-6,8,10H,1-2H3. The molecule has 0 saturated heterocycles. The number of alkyl halides is 4. The molecule has 15 heavy (non-hydrogen) atoms. The van der Waals surface area contributed by atoms with Crippen molar-refractivity contribution in [2.24, 2.45) is 5.92 Å².